The molecule has 0 unspecified atom stereocenters. The number of nitrogens with zero attached hydrogens (tertiary/aromatic N) is 1. The highest BCUT2D eigenvalue weighted by molar-refractivity contribution is 9.10. The summed E-state index contributed by atoms with van der Waals surface area (Å²) in [6.07, 6.45) is 2.74. The normalized spacial score (nSPS) is 13.9. The minimum atomic E-state index is -0.0552. The third kappa shape index (κ3) is 2.72. The molecule has 4 nitrogen and oxygen atoms in total. The Balaban J connectivity index is 1.54. The third-order valence-corrected chi connectivity index (χ3v) is 4.79. The number of aromatic amines is 1. The van der Waals surface area contributed by atoms with E-state index in [-0.39, 0.29) is 6.03 Å². The second-order valence-corrected chi connectivity index (χ2v) is 6.68. The number of H-pyrrole nitrogens is 1. The lowest BCUT2D eigenvalue weighted by Crippen LogP contribution is -2.38. The highest BCUT2D eigenvalue weighted by Crippen LogP contribution is 2.25. The van der Waals surface area contributed by atoms with Crippen LogP contribution in [0, 0.1) is 0 Å². The molecule has 0 spiro atoms. The van der Waals surface area contributed by atoms with Crippen LogP contribution in [0.15, 0.2) is 53.1 Å². The van der Waals surface area contributed by atoms with Crippen molar-refractivity contribution in [3.8, 4) is 0 Å². The van der Waals surface area contributed by atoms with Crippen molar-refractivity contribution < 1.29 is 4.79 Å². The molecule has 0 atom stereocenters. The van der Waals surface area contributed by atoms with E-state index in [2.05, 4.69) is 44.4 Å². The van der Waals surface area contributed by atoms with E-state index in [0.29, 0.717) is 6.54 Å². The largest absolute Gasteiger partial charge is 0.359 e. The van der Waals surface area contributed by atoms with E-state index in [0.717, 1.165) is 34.0 Å². The van der Waals surface area contributed by atoms with Gasteiger partial charge in [-0.2, -0.15) is 0 Å². The molecule has 1 aromatic heterocycles. The number of anilines is 1. The van der Waals surface area contributed by atoms with Crippen molar-refractivity contribution >= 4 is 38.6 Å². The number of nitrogens with one attached hydrogen (secondary N) is 2. The Morgan fingerprint density at radius 1 is 1.17 bits per heavy atom. The monoisotopic (exact) mass is 369 g/mol. The number of halogens is 1. The summed E-state index contributed by atoms with van der Waals surface area (Å²) in [5.41, 5.74) is 4.38. The molecule has 0 radical (unpaired) electrons. The van der Waals surface area contributed by atoms with Crippen LogP contribution in [0.4, 0.5) is 10.5 Å². The van der Waals surface area contributed by atoms with Crippen LogP contribution >= 0.6 is 15.9 Å². The number of amides is 2. The van der Waals surface area contributed by atoms with Crippen LogP contribution in [0.5, 0.6) is 0 Å². The second kappa shape index (κ2) is 5.74. The number of para-hydroxylation sites is 1. The molecule has 23 heavy (non-hydrogen) atoms. The molecule has 4 rings (SSSR count). The van der Waals surface area contributed by atoms with Crippen molar-refractivity contribution in [1.29, 1.82) is 0 Å². The molecule has 116 valence electrons. The van der Waals surface area contributed by atoms with Gasteiger partial charge in [-0.05, 0) is 35.7 Å². The fourth-order valence-corrected chi connectivity index (χ4v) is 3.48. The summed E-state index contributed by atoms with van der Waals surface area (Å²) in [5.74, 6) is 0. The first-order valence-corrected chi connectivity index (χ1v) is 8.39. The maximum absolute atomic E-state index is 12.6. The van der Waals surface area contributed by atoms with Crippen LogP contribution in [-0.2, 0) is 13.0 Å². The number of fused-ring (bicyclic) bond motifs is 2. The van der Waals surface area contributed by atoms with Crippen LogP contribution in [0.2, 0.25) is 0 Å². The van der Waals surface area contributed by atoms with Gasteiger partial charge in [-0.3, -0.25) is 0 Å². The number of rotatable bonds is 1. The van der Waals surface area contributed by atoms with Gasteiger partial charge in [0.15, 0.2) is 0 Å². The van der Waals surface area contributed by atoms with E-state index < -0.39 is 0 Å². The van der Waals surface area contributed by atoms with E-state index in [1.807, 2.05) is 35.4 Å². The molecule has 1 aliphatic rings. The van der Waals surface area contributed by atoms with Crippen LogP contribution in [0.1, 0.15) is 11.1 Å². The summed E-state index contributed by atoms with van der Waals surface area (Å²) >= 11 is 3.50. The highest BCUT2D eigenvalue weighted by atomic mass is 79.9. The van der Waals surface area contributed by atoms with Crippen LogP contribution in [0.3, 0.4) is 0 Å². The Labute approximate surface area is 142 Å². The maximum atomic E-state index is 12.6. The van der Waals surface area contributed by atoms with Crippen molar-refractivity contribution in [3.05, 3.63) is 64.3 Å². The van der Waals surface area contributed by atoms with Crippen LogP contribution in [-0.4, -0.2) is 22.5 Å². The number of urea groups is 1. The van der Waals surface area contributed by atoms with Crippen LogP contribution < -0.4 is 5.32 Å². The van der Waals surface area contributed by atoms with Gasteiger partial charge in [-0.25, -0.2) is 4.79 Å². The van der Waals surface area contributed by atoms with Crippen molar-refractivity contribution in [2.24, 2.45) is 0 Å². The first-order chi connectivity index (χ1) is 11.2. The number of carbonyl (C=O) groups is 1. The summed E-state index contributed by atoms with van der Waals surface area (Å²) in [5, 5.41) is 4.05. The van der Waals surface area contributed by atoms with Crippen molar-refractivity contribution in [2.75, 3.05) is 11.9 Å². The Hall–Kier alpha value is -2.27. The number of hydrogen-bond donors (Lipinski definition) is 2. The number of aromatic nitrogens is 1. The zero-order valence-corrected chi connectivity index (χ0v) is 14.1. The molecule has 2 amide bonds. The van der Waals surface area contributed by atoms with Crippen molar-refractivity contribution in [2.45, 2.75) is 13.0 Å². The molecule has 0 saturated heterocycles. The molecule has 5 heteroatoms. The van der Waals surface area contributed by atoms with Gasteiger partial charge in [-0.15, -0.1) is 0 Å². The number of carbonyl (C=O) groups excluding carboxylic acids is 1. The third-order valence-electron chi connectivity index (χ3n) is 4.30. The minimum Gasteiger partial charge on any atom is -0.359 e. The number of hydrogen-bond acceptors (Lipinski definition) is 1. The molecule has 2 N–H and O–H groups in total. The standard InChI is InChI=1S/C18H16BrN3O/c19-14-6-5-12-7-8-22(11-13(12)9-14)18(23)21-17-10-20-16-4-2-1-3-15(16)17/h1-6,9-10,20H,7-8,11H2,(H,21,23). The topological polar surface area (TPSA) is 48.1 Å². The molecule has 2 aromatic carbocycles. The summed E-state index contributed by atoms with van der Waals surface area (Å²) < 4.78 is 1.05. The van der Waals surface area contributed by atoms with Crippen molar-refractivity contribution in [1.82, 2.24) is 9.88 Å². The van der Waals surface area contributed by atoms with E-state index in [9.17, 15) is 4.79 Å². The summed E-state index contributed by atoms with van der Waals surface area (Å²) in [6.45, 7) is 1.38. The van der Waals surface area contributed by atoms with Gasteiger partial charge in [0.2, 0.25) is 0 Å². The molecular weight excluding hydrogens is 354 g/mol. The Bertz CT molecular complexity index is 887. The first kappa shape index (κ1) is 14.3. The van der Waals surface area contributed by atoms with Gasteiger partial charge in [0.05, 0.1) is 5.69 Å². The minimum absolute atomic E-state index is 0.0552. The van der Waals surface area contributed by atoms with Crippen molar-refractivity contribution in [3.63, 3.8) is 0 Å². The summed E-state index contributed by atoms with van der Waals surface area (Å²) in [6, 6.07) is 14.2. The SMILES string of the molecule is O=C(Nc1c[nH]c2ccccc12)N1CCc2ccc(Br)cc2C1. The zero-order chi connectivity index (χ0) is 15.8. The van der Waals surface area contributed by atoms with Crippen LogP contribution in [0.25, 0.3) is 10.9 Å². The van der Waals surface area contributed by atoms with E-state index in [1.54, 1.807) is 0 Å². The maximum Gasteiger partial charge on any atom is 0.322 e. The van der Waals surface area contributed by atoms with Gasteiger partial charge in [0.1, 0.15) is 0 Å². The number of benzene rings is 2. The Kier molecular flexibility index (Phi) is 3.58. The smallest absolute Gasteiger partial charge is 0.322 e. The average molecular weight is 370 g/mol. The lowest BCUT2D eigenvalue weighted by molar-refractivity contribution is 0.206. The predicted molar refractivity (Wildman–Crippen MR) is 95.6 cm³/mol. The van der Waals surface area contributed by atoms with E-state index >= 15 is 0 Å². The van der Waals surface area contributed by atoms with Gasteiger partial charge in [0.25, 0.3) is 0 Å². The van der Waals surface area contributed by atoms with Gasteiger partial charge >= 0.3 is 6.03 Å². The van der Waals surface area contributed by atoms with Gasteiger partial charge < -0.3 is 15.2 Å². The fraction of sp³-hybridized carbons (Fsp3) is 0.167. The molecular formula is C18H16BrN3O. The second-order valence-electron chi connectivity index (χ2n) is 5.76. The van der Waals surface area contributed by atoms with Gasteiger partial charge in [0, 0.05) is 34.7 Å². The molecule has 0 saturated carbocycles. The van der Waals surface area contributed by atoms with E-state index in [4.69, 9.17) is 0 Å². The molecule has 0 bridgehead atoms. The average Bonchev–Trinajstić information content (AvgIpc) is 2.97. The Morgan fingerprint density at radius 2 is 2.04 bits per heavy atom. The molecule has 3 aromatic rings. The lowest BCUT2D eigenvalue weighted by Gasteiger charge is -2.29. The Morgan fingerprint density at radius 3 is 2.96 bits per heavy atom. The highest BCUT2D eigenvalue weighted by Gasteiger charge is 2.21. The van der Waals surface area contributed by atoms with Gasteiger partial charge in [-0.1, -0.05) is 40.2 Å². The molecule has 0 fully saturated rings. The summed E-state index contributed by atoms with van der Waals surface area (Å²) in [4.78, 5) is 17.6. The quantitative estimate of drug-likeness (QED) is 0.650. The predicted octanol–water partition coefficient (Wildman–Crippen LogP) is 4.52. The first-order valence-electron chi connectivity index (χ1n) is 7.60. The zero-order valence-electron chi connectivity index (χ0n) is 12.5. The fourth-order valence-electron chi connectivity index (χ4n) is 3.07. The lowest BCUT2D eigenvalue weighted by atomic mass is 10.0. The molecule has 2 heterocycles. The summed E-state index contributed by atoms with van der Waals surface area (Å²) in [7, 11) is 0. The molecule has 0 aliphatic carbocycles. The molecule has 1 aliphatic heterocycles. The van der Waals surface area contributed by atoms with E-state index in [1.165, 1.54) is 11.1 Å².